The summed E-state index contributed by atoms with van der Waals surface area (Å²) in [6.07, 6.45) is 10.6. The molecule has 19 heavy (non-hydrogen) atoms. The van der Waals surface area contributed by atoms with Crippen molar-refractivity contribution in [1.82, 2.24) is 10.3 Å². The predicted molar refractivity (Wildman–Crippen MR) is 78.2 cm³/mol. The Hall–Kier alpha value is -0.830. The van der Waals surface area contributed by atoms with Crippen molar-refractivity contribution in [3.63, 3.8) is 0 Å². The van der Waals surface area contributed by atoms with Gasteiger partial charge in [0.05, 0.1) is 6.20 Å². The van der Waals surface area contributed by atoms with Crippen molar-refractivity contribution >= 4 is 0 Å². The number of aryl methyl sites for hydroxylation is 1. The maximum atomic E-state index is 5.83. The van der Waals surface area contributed by atoms with Gasteiger partial charge in [0.1, 0.15) is 5.76 Å². The fourth-order valence-corrected chi connectivity index (χ4v) is 2.81. The standard InChI is InChI=1S/C16H28N2O/c1-13(2)11-17-9-5-8-16-18-12-15(19-16)10-14-6-3-4-7-14/h12-14,17H,3-11H2,1-2H3. The lowest BCUT2D eigenvalue weighted by atomic mass is 10.0. The predicted octanol–water partition coefficient (Wildman–Crippen LogP) is 3.59. The average molecular weight is 264 g/mol. The second kappa shape index (κ2) is 7.68. The third-order valence-electron chi connectivity index (χ3n) is 3.86. The maximum Gasteiger partial charge on any atom is 0.194 e. The number of hydrogen-bond acceptors (Lipinski definition) is 3. The highest BCUT2D eigenvalue weighted by molar-refractivity contribution is 4.96. The third kappa shape index (κ3) is 5.35. The van der Waals surface area contributed by atoms with Gasteiger partial charge in [-0.3, -0.25) is 0 Å². The Bertz CT molecular complexity index is 353. The molecule has 0 spiro atoms. The van der Waals surface area contributed by atoms with Crippen molar-refractivity contribution in [2.45, 2.75) is 58.8 Å². The molecule has 0 aromatic carbocycles. The number of hydrogen-bond donors (Lipinski definition) is 1. The number of oxazole rings is 1. The average Bonchev–Trinajstić information content (AvgIpc) is 3.01. The summed E-state index contributed by atoms with van der Waals surface area (Å²) in [4.78, 5) is 4.40. The van der Waals surface area contributed by atoms with Crippen LogP contribution in [0.25, 0.3) is 0 Å². The molecule has 0 amide bonds. The molecule has 1 aromatic heterocycles. The van der Waals surface area contributed by atoms with Crippen LogP contribution in [0.4, 0.5) is 0 Å². The van der Waals surface area contributed by atoms with E-state index in [0.29, 0.717) is 0 Å². The summed E-state index contributed by atoms with van der Waals surface area (Å²) in [5.41, 5.74) is 0. The van der Waals surface area contributed by atoms with Crippen LogP contribution < -0.4 is 5.32 Å². The quantitative estimate of drug-likeness (QED) is 0.729. The summed E-state index contributed by atoms with van der Waals surface area (Å²) in [6, 6.07) is 0. The molecule has 0 atom stereocenters. The monoisotopic (exact) mass is 264 g/mol. The number of aromatic nitrogens is 1. The normalized spacial score (nSPS) is 16.6. The van der Waals surface area contributed by atoms with Crippen LogP contribution in [-0.4, -0.2) is 18.1 Å². The second-order valence-electron chi connectivity index (χ2n) is 6.28. The molecular weight excluding hydrogens is 236 g/mol. The Morgan fingerprint density at radius 2 is 2.16 bits per heavy atom. The maximum absolute atomic E-state index is 5.83. The molecule has 108 valence electrons. The highest BCUT2D eigenvalue weighted by Gasteiger charge is 2.17. The minimum Gasteiger partial charge on any atom is -0.446 e. The van der Waals surface area contributed by atoms with Crippen molar-refractivity contribution in [3.8, 4) is 0 Å². The van der Waals surface area contributed by atoms with Crippen molar-refractivity contribution in [2.75, 3.05) is 13.1 Å². The van der Waals surface area contributed by atoms with Crippen molar-refractivity contribution < 1.29 is 4.42 Å². The van der Waals surface area contributed by atoms with Crippen molar-refractivity contribution in [2.24, 2.45) is 11.8 Å². The first-order valence-electron chi connectivity index (χ1n) is 7.88. The van der Waals surface area contributed by atoms with Gasteiger partial charge in [-0.1, -0.05) is 39.5 Å². The molecule has 1 saturated carbocycles. The number of nitrogens with zero attached hydrogens (tertiary/aromatic N) is 1. The van der Waals surface area contributed by atoms with E-state index in [1.807, 2.05) is 6.20 Å². The van der Waals surface area contributed by atoms with Gasteiger partial charge >= 0.3 is 0 Å². The zero-order chi connectivity index (χ0) is 13.5. The van der Waals surface area contributed by atoms with Crippen LogP contribution in [0.3, 0.4) is 0 Å². The molecule has 3 nitrogen and oxygen atoms in total. The second-order valence-corrected chi connectivity index (χ2v) is 6.28. The van der Waals surface area contributed by atoms with E-state index in [4.69, 9.17) is 4.42 Å². The van der Waals surface area contributed by atoms with Crippen LogP contribution in [0, 0.1) is 11.8 Å². The van der Waals surface area contributed by atoms with Gasteiger partial charge in [-0.2, -0.15) is 0 Å². The molecule has 0 unspecified atom stereocenters. The van der Waals surface area contributed by atoms with E-state index in [1.54, 1.807) is 0 Å². The minimum absolute atomic E-state index is 0.722. The van der Waals surface area contributed by atoms with Gasteiger partial charge in [-0.15, -0.1) is 0 Å². The Morgan fingerprint density at radius 3 is 2.89 bits per heavy atom. The topological polar surface area (TPSA) is 38.1 Å². The summed E-state index contributed by atoms with van der Waals surface area (Å²) in [6.45, 7) is 6.61. The van der Waals surface area contributed by atoms with Crippen LogP contribution in [0.1, 0.15) is 57.6 Å². The van der Waals surface area contributed by atoms with Gasteiger partial charge < -0.3 is 9.73 Å². The molecule has 1 aliphatic carbocycles. The zero-order valence-electron chi connectivity index (χ0n) is 12.5. The van der Waals surface area contributed by atoms with Gasteiger partial charge in [-0.25, -0.2) is 4.98 Å². The highest BCUT2D eigenvalue weighted by atomic mass is 16.4. The van der Waals surface area contributed by atoms with Crippen LogP contribution >= 0.6 is 0 Å². The molecule has 0 aliphatic heterocycles. The summed E-state index contributed by atoms with van der Waals surface area (Å²) in [5.74, 6) is 3.57. The van der Waals surface area contributed by atoms with Gasteiger partial charge in [0.25, 0.3) is 0 Å². The minimum atomic E-state index is 0.722. The fraction of sp³-hybridized carbons (Fsp3) is 0.812. The van der Waals surface area contributed by atoms with Crippen molar-refractivity contribution in [3.05, 3.63) is 17.8 Å². The van der Waals surface area contributed by atoms with Gasteiger partial charge in [0.15, 0.2) is 5.89 Å². The van der Waals surface area contributed by atoms with Crippen LogP contribution in [-0.2, 0) is 12.8 Å². The molecule has 1 heterocycles. The number of rotatable bonds is 8. The Kier molecular flexibility index (Phi) is 5.90. The first-order chi connectivity index (χ1) is 9.24. The summed E-state index contributed by atoms with van der Waals surface area (Å²) >= 11 is 0. The van der Waals surface area contributed by atoms with Gasteiger partial charge in [0.2, 0.25) is 0 Å². The highest BCUT2D eigenvalue weighted by Crippen LogP contribution is 2.28. The van der Waals surface area contributed by atoms with Gasteiger partial charge in [-0.05, 0) is 31.3 Å². The molecule has 3 heteroatoms. The lowest BCUT2D eigenvalue weighted by molar-refractivity contribution is 0.410. The van der Waals surface area contributed by atoms with Crippen LogP contribution in [0.5, 0.6) is 0 Å². The van der Waals surface area contributed by atoms with E-state index in [0.717, 1.165) is 55.8 Å². The van der Waals surface area contributed by atoms with E-state index >= 15 is 0 Å². The molecule has 0 saturated heterocycles. The molecule has 0 bridgehead atoms. The first kappa shape index (κ1) is 14.6. The molecule has 2 rings (SSSR count). The van der Waals surface area contributed by atoms with Crippen LogP contribution in [0.2, 0.25) is 0 Å². The number of nitrogens with one attached hydrogen (secondary N) is 1. The van der Waals surface area contributed by atoms with E-state index in [2.05, 4.69) is 24.1 Å². The fourth-order valence-electron chi connectivity index (χ4n) is 2.81. The lowest BCUT2D eigenvalue weighted by Crippen LogP contribution is -2.21. The molecule has 1 fully saturated rings. The van der Waals surface area contributed by atoms with E-state index < -0.39 is 0 Å². The van der Waals surface area contributed by atoms with E-state index in [-0.39, 0.29) is 0 Å². The molecule has 1 aliphatic rings. The molecule has 0 radical (unpaired) electrons. The van der Waals surface area contributed by atoms with Gasteiger partial charge in [0, 0.05) is 12.8 Å². The smallest absolute Gasteiger partial charge is 0.194 e. The molecular formula is C16H28N2O. The van der Waals surface area contributed by atoms with E-state index in [1.165, 1.54) is 25.7 Å². The Balaban J connectivity index is 1.63. The molecule has 1 N–H and O–H groups in total. The zero-order valence-corrected chi connectivity index (χ0v) is 12.5. The van der Waals surface area contributed by atoms with Crippen LogP contribution in [0.15, 0.2) is 10.6 Å². The Labute approximate surface area is 117 Å². The largest absolute Gasteiger partial charge is 0.446 e. The van der Waals surface area contributed by atoms with E-state index in [9.17, 15) is 0 Å². The SMILES string of the molecule is CC(C)CNCCCc1ncc(CC2CCCC2)o1. The Morgan fingerprint density at radius 1 is 1.37 bits per heavy atom. The van der Waals surface area contributed by atoms with Crippen molar-refractivity contribution in [1.29, 1.82) is 0 Å². The summed E-state index contributed by atoms with van der Waals surface area (Å²) in [7, 11) is 0. The summed E-state index contributed by atoms with van der Waals surface area (Å²) in [5, 5.41) is 3.45. The molecule has 1 aromatic rings. The summed E-state index contributed by atoms with van der Waals surface area (Å²) < 4.78 is 5.83. The third-order valence-corrected chi connectivity index (χ3v) is 3.86. The lowest BCUT2D eigenvalue weighted by Gasteiger charge is -2.06. The first-order valence-corrected chi connectivity index (χ1v) is 7.88.